The maximum Gasteiger partial charge on any atom is 0.258 e. The molecule has 6 heteroatoms. The molecule has 2 amide bonds. The number of benzene rings is 1. The Balaban J connectivity index is 1.34. The zero-order valence-corrected chi connectivity index (χ0v) is 13.6. The number of fused-ring (bicyclic) bond motifs is 5. The predicted octanol–water partition coefficient (Wildman–Crippen LogP) is 1.90. The molecule has 0 radical (unpaired) electrons. The molecule has 3 aliphatic rings. The van der Waals surface area contributed by atoms with Crippen LogP contribution in [0.5, 0.6) is 0 Å². The second-order valence-electron chi connectivity index (χ2n) is 7.08. The number of amides is 2. The minimum atomic E-state index is -0.214. The lowest BCUT2D eigenvalue weighted by Crippen LogP contribution is -2.33. The lowest BCUT2D eigenvalue weighted by molar-refractivity contribution is -0.123. The van der Waals surface area contributed by atoms with Gasteiger partial charge in [0.25, 0.3) is 5.95 Å². The molecule has 1 aromatic carbocycles. The lowest BCUT2D eigenvalue weighted by Gasteiger charge is -2.14. The number of allylic oxidation sites excluding steroid dienone is 2. The number of nitrogens with one attached hydrogen (secondary N) is 1. The molecule has 25 heavy (non-hydrogen) atoms. The molecule has 2 aliphatic carbocycles. The Labute approximate surface area is 144 Å². The molecule has 2 bridgehead atoms. The lowest BCUT2D eigenvalue weighted by atomic mass is 9.85. The first-order valence-corrected chi connectivity index (χ1v) is 8.74. The van der Waals surface area contributed by atoms with Crippen LogP contribution in [0.15, 0.2) is 42.5 Å². The summed E-state index contributed by atoms with van der Waals surface area (Å²) in [5.74, 6) is 0.591. The van der Waals surface area contributed by atoms with Gasteiger partial charge >= 0.3 is 0 Å². The van der Waals surface area contributed by atoms with Crippen LogP contribution < -0.4 is 4.90 Å². The molecule has 1 N–H and O–H groups in total. The van der Waals surface area contributed by atoms with Crippen molar-refractivity contribution in [3.8, 4) is 0 Å². The van der Waals surface area contributed by atoms with Crippen molar-refractivity contribution in [3.63, 3.8) is 0 Å². The predicted molar refractivity (Wildman–Crippen MR) is 90.4 cm³/mol. The van der Waals surface area contributed by atoms with Crippen LogP contribution >= 0.6 is 0 Å². The molecule has 6 nitrogen and oxygen atoms in total. The third-order valence-electron chi connectivity index (χ3n) is 5.68. The zero-order chi connectivity index (χ0) is 17.0. The Hall–Kier alpha value is -2.76. The SMILES string of the molecule is O=C1[C@@H]2[C@@H](C(=O)N1c1n[nH]c(CCc3ccccc3)n1)[C@H]1C=C[C@H]2C1. The van der Waals surface area contributed by atoms with Crippen LogP contribution in [0.2, 0.25) is 0 Å². The molecule has 1 aliphatic heterocycles. The van der Waals surface area contributed by atoms with Crippen molar-refractivity contribution in [1.82, 2.24) is 15.2 Å². The van der Waals surface area contributed by atoms with E-state index in [1.54, 1.807) is 0 Å². The number of nitrogens with zero attached hydrogens (tertiary/aromatic N) is 3. The van der Waals surface area contributed by atoms with Gasteiger partial charge in [0, 0.05) is 6.42 Å². The molecule has 0 spiro atoms. The van der Waals surface area contributed by atoms with Crippen LogP contribution in [-0.4, -0.2) is 27.0 Å². The highest BCUT2D eigenvalue weighted by molar-refractivity contribution is 6.21. The van der Waals surface area contributed by atoms with Gasteiger partial charge in [-0.25, -0.2) is 4.90 Å². The van der Waals surface area contributed by atoms with Crippen molar-refractivity contribution >= 4 is 17.8 Å². The molecule has 4 atom stereocenters. The van der Waals surface area contributed by atoms with Crippen molar-refractivity contribution in [2.24, 2.45) is 23.7 Å². The van der Waals surface area contributed by atoms with Crippen molar-refractivity contribution in [3.05, 3.63) is 53.9 Å². The van der Waals surface area contributed by atoms with Crippen LogP contribution in [0.3, 0.4) is 0 Å². The first-order chi connectivity index (χ1) is 12.2. The first-order valence-electron chi connectivity index (χ1n) is 8.74. The standard InChI is InChI=1S/C19H18N4O2/c24-17-15-12-7-8-13(10-12)16(15)18(25)23(17)19-20-14(21-22-19)9-6-11-4-2-1-3-5-11/h1-5,7-8,12-13,15-16H,6,9-10H2,(H,20,21,22)/t12-,13-,15-,16-/m0/s1. The number of carbonyl (C=O) groups is 2. The molecule has 2 fully saturated rings. The Morgan fingerprint density at radius 1 is 1.00 bits per heavy atom. The van der Waals surface area contributed by atoms with Gasteiger partial charge in [-0.05, 0) is 30.2 Å². The van der Waals surface area contributed by atoms with Gasteiger partial charge in [-0.2, -0.15) is 4.98 Å². The minimum absolute atomic E-state index is 0.138. The Morgan fingerprint density at radius 3 is 2.36 bits per heavy atom. The number of rotatable bonds is 4. The maximum atomic E-state index is 12.8. The van der Waals surface area contributed by atoms with Crippen molar-refractivity contribution in [1.29, 1.82) is 0 Å². The molecule has 2 aromatic rings. The third-order valence-corrected chi connectivity index (χ3v) is 5.68. The van der Waals surface area contributed by atoms with Crippen molar-refractivity contribution in [2.75, 3.05) is 4.90 Å². The van der Waals surface area contributed by atoms with Gasteiger partial charge in [0.1, 0.15) is 5.82 Å². The third kappa shape index (κ3) is 2.17. The summed E-state index contributed by atoms with van der Waals surface area (Å²) in [5.41, 5.74) is 1.21. The first kappa shape index (κ1) is 14.6. The number of aromatic nitrogens is 3. The fourth-order valence-electron chi connectivity index (χ4n) is 4.50. The molecular weight excluding hydrogens is 316 g/mol. The van der Waals surface area contributed by atoms with Gasteiger partial charge in [-0.3, -0.25) is 14.7 Å². The summed E-state index contributed by atoms with van der Waals surface area (Å²) in [7, 11) is 0. The number of aryl methyl sites for hydroxylation is 2. The Kier molecular flexibility index (Phi) is 3.13. The topological polar surface area (TPSA) is 79.0 Å². The highest BCUT2D eigenvalue weighted by Crippen LogP contribution is 2.52. The van der Waals surface area contributed by atoms with Crippen molar-refractivity contribution in [2.45, 2.75) is 19.3 Å². The van der Waals surface area contributed by atoms with Gasteiger partial charge in [-0.1, -0.05) is 42.5 Å². The molecule has 1 saturated heterocycles. The normalized spacial score (nSPS) is 29.7. The van der Waals surface area contributed by atoms with Crippen LogP contribution in [0.25, 0.3) is 0 Å². The fourth-order valence-corrected chi connectivity index (χ4v) is 4.50. The summed E-state index contributed by atoms with van der Waals surface area (Å²) in [6.07, 6.45) is 6.62. The Bertz CT molecular complexity index is 843. The van der Waals surface area contributed by atoms with E-state index in [0.29, 0.717) is 12.2 Å². The molecule has 5 rings (SSSR count). The largest absolute Gasteiger partial charge is 0.274 e. The molecule has 1 saturated carbocycles. The average molecular weight is 334 g/mol. The summed E-state index contributed by atoms with van der Waals surface area (Å²) in [6.45, 7) is 0. The number of aromatic amines is 1. The molecule has 1 aromatic heterocycles. The number of carbonyl (C=O) groups excluding carboxylic acids is 2. The van der Waals surface area contributed by atoms with Crippen LogP contribution in [0, 0.1) is 23.7 Å². The van der Waals surface area contributed by atoms with Gasteiger partial charge in [-0.15, -0.1) is 5.10 Å². The zero-order valence-electron chi connectivity index (χ0n) is 13.6. The van der Waals surface area contributed by atoms with Gasteiger partial charge in [0.05, 0.1) is 11.8 Å². The summed E-state index contributed by atoms with van der Waals surface area (Å²) in [5, 5.41) is 7.01. The number of hydrogen-bond donors (Lipinski definition) is 1. The summed E-state index contributed by atoms with van der Waals surface area (Å²) in [4.78, 5) is 31.1. The highest BCUT2D eigenvalue weighted by Gasteiger charge is 2.60. The van der Waals surface area contributed by atoms with E-state index < -0.39 is 0 Å². The van der Waals surface area contributed by atoms with Gasteiger partial charge < -0.3 is 0 Å². The number of hydrogen-bond acceptors (Lipinski definition) is 4. The molecule has 2 heterocycles. The number of imide groups is 1. The van der Waals surface area contributed by atoms with Crippen LogP contribution in [0.4, 0.5) is 5.95 Å². The highest BCUT2D eigenvalue weighted by atomic mass is 16.2. The average Bonchev–Trinajstić information content (AvgIpc) is 3.39. The van der Waals surface area contributed by atoms with Gasteiger partial charge in [0.15, 0.2) is 0 Å². The molecule has 126 valence electrons. The number of anilines is 1. The summed E-state index contributed by atoms with van der Waals surface area (Å²) < 4.78 is 0. The monoisotopic (exact) mass is 334 g/mol. The second kappa shape index (κ2) is 5.37. The fraction of sp³-hybridized carbons (Fsp3) is 0.368. The van der Waals surface area contributed by atoms with E-state index in [4.69, 9.17) is 0 Å². The van der Waals surface area contributed by atoms with E-state index in [0.717, 1.165) is 12.8 Å². The quantitative estimate of drug-likeness (QED) is 0.684. The molecule has 0 unspecified atom stereocenters. The molecular formula is C19H18N4O2. The van der Waals surface area contributed by atoms with E-state index in [1.807, 2.05) is 18.2 Å². The van der Waals surface area contributed by atoms with Gasteiger partial charge in [0.2, 0.25) is 11.8 Å². The van der Waals surface area contributed by atoms with E-state index >= 15 is 0 Å². The summed E-state index contributed by atoms with van der Waals surface area (Å²) >= 11 is 0. The van der Waals surface area contributed by atoms with E-state index in [9.17, 15) is 9.59 Å². The maximum absolute atomic E-state index is 12.8. The summed E-state index contributed by atoms with van der Waals surface area (Å²) in [6, 6.07) is 10.1. The van der Waals surface area contributed by atoms with Crippen molar-refractivity contribution < 1.29 is 9.59 Å². The van der Waals surface area contributed by atoms with Crippen LogP contribution in [-0.2, 0) is 22.4 Å². The Morgan fingerprint density at radius 2 is 1.68 bits per heavy atom. The van der Waals surface area contributed by atoms with Crippen LogP contribution in [0.1, 0.15) is 17.8 Å². The van der Waals surface area contributed by atoms with E-state index in [1.165, 1.54) is 10.5 Å². The minimum Gasteiger partial charge on any atom is -0.274 e. The smallest absolute Gasteiger partial charge is 0.258 e. The number of H-pyrrole nitrogens is 1. The van der Waals surface area contributed by atoms with E-state index in [2.05, 4.69) is 39.5 Å². The van der Waals surface area contributed by atoms with E-state index in [-0.39, 0.29) is 41.4 Å². The second-order valence-corrected chi connectivity index (χ2v) is 7.08.